The molecule has 3 heterocycles. The standard InChI is InChI=1S/C18H19N3O2.2ClH/c19-10-21-13-5-6-14(21)8-12(7-13)17-15(18(22)23)9-11-3-1-2-4-16(11)20-17;;/h1-4,9-10,12-14,19H,5-8H2,(H,22,23);2*1H. The van der Waals surface area contributed by atoms with Crippen molar-refractivity contribution in [1.82, 2.24) is 9.88 Å². The molecule has 2 aliphatic heterocycles. The van der Waals surface area contributed by atoms with Gasteiger partial charge in [-0.05, 0) is 37.8 Å². The molecule has 0 saturated carbocycles. The van der Waals surface area contributed by atoms with Crippen molar-refractivity contribution < 1.29 is 9.90 Å². The molecule has 2 N–H and O–H groups in total. The Balaban J connectivity index is 0.00000113. The summed E-state index contributed by atoms with van der Waals surface area (Å²) in [6.45, 7) is 0. The van der Waals surface area contributed by atoms with Gasteiger partial charge in [0, 0.05) is 23.4 Å². The maximum atomic E-state index is 11.7. The smallest absolute Gasteiger partial charge is 0.337 e. The first-order valence-corrected chi connectivity index (χ1v) is 8.08. The molecule has 2 fully saturated rings. The second-order valence-electron chi connectivity index (χ2n) is 6.55. The van der Waals surface area contributed by atoms with Crippen LogP contribution in [0.2, 0.25) is 0 Å². The number of aromatic carboxylic acids is 1. The lowest BCUT2D eigenvalue weighted by Gasteiger charge is -2.37. The summed E-state index contributed by atoms with van der Waals surface area (Å²) in [5.41, 5.74) is 1.91. The van der Waals surface area contributed by atoms with Crippen LogP contribution in [0.4, 0.5) is 0 Å². The van der Waals surface area contributed by atoms with Crippen molar-refractivity contribution >= 4 is 48.0 Å². The molecule has 2 saturated heterocycles. The molecule has 0 radical (unpaired) electrons. The van der Waals surface area contributed by atoms with Crippen LogP contribution in [0.3, 0.4) is 0 Å². The van der Waals surface area contributed by atoms with E-state index >= 15 is 0 Å². The minimum Gasteiger partial charge on any atom is -0.478 e. The van der Waals surface area contributed by atoms with Crippen LogP contribution in [0.15, 0.2) is 30.3 Å². The van der Waals surface area contributed by atoms with Crippen LogP contribution >= 0.6 is 24.8 Å². The largest absolute Gasteiger partial charge is 0.478 e. The van der Waals surface area contributed by atoms with E-state index in [1.807, 2.05) is 24.3 Å². The van der Waals surface area contributed by atoms with Crippen molar-refractivity contribution in [2.24, 2.45) is 0 Å². The molecular formula is C18H21Cl2N3O2. The van der Waals surface area contributed by atoms with Gasteiger partial charge in [-0.2, -0.15) is 0 Å². The first kappa shape index (κ1) is 19.5. The molecule has 2 atom stereocenters. The van der Waals surface area contributed by atoms with Gasteiger partial charge in [-0.3, -0.25) is 10.4 Å². The summed E-state index contributed by atoms with van der Waals surface area (Å²) in [4.78, 5) is 18.6. The number of nitrogens with zero attached hydrogens (tertiary/aromatic N) is 2. The third-order valence-electron chi connectivity index (χ3n) is 5.31. The lowest BCUT2D eigenvalue weighted by atomic mass is 9.85. The summed E-state index contributed by atoms with van der Waals surface area (Å²) in [5, 5.41) is 18.1. The minimum atomic E-state index is -0.903. The predicted molar refractivity (Wildman–Crippen MR) is 103 cm³/mol. The molecule has 7 heteroatoms. The van der Waals surface area contributed by atoms with Crippen molar-refractivity contribution in [2.75, 3.05) is 0 Å². The molecule has 25 heavy (non-hydrogen) atoms. The summed E-state index contributed by atoms with van der Waals surface area (Å²) >= 11 is 0. The Labute approximate surface area is 158 Å². The Morgan fingerprint density at radius 1 is 1.20 bits per heavy atom. The van der Waals surface area contributed by atoms with E-state index in [9.17, 15) is 9.90 Å². The topological polar surface area (TPSA) is 77.3 Å². The molecule has 5 nitrogen and oxygen atoms in total. The number of aromatic nitrogens is 1. The molecule has 0 spiro atoms. The number of carbonyl (C=O) groups is 1. The molecule has 2 unspecified atom stereocenters. The van der Waals surface area contributed by atoms with Gasteiger partial charge < -0.3 is 10.0 Å². The number of fused-ring (bicyclic) bond motifs is 3. The number of piperidine rings is 1. The molecular weight excluding hydrogens is 361 g/mol. The third-order valence-corrected chi connectivity index (χ3v) is 5.31. The van der Waals surface area contributed by atoms with E-state index in [1.165, 1.54) is 6.34 Å². The van der Waals surface area contributed by atoms with Crippen LogP contribution in [0.5, 0.6) is 0 Å². The fourth-order valence-corrected chi connectivity index (χ4v) is 4.26. The number of nitrogens with one attached hydrogen (secondary N) is 1. The van der Waals surface area contributed by atoms with Gasteiger partial charge in [0.15, 0.2) is 0 Å². The third kappa shape index (κ3) is 3.31. The molecule has 2 bridgehead atoms. The van der Waals surface area contributed by atoms with E-state index in [0.29, 0.717) is 17.6 Å². The number of para-hydroxylation sites is 1. The van der Waals surface area contributed by atoms with Crippen LogP contribution in [0, 0.1) is 5.41 Å². The SMILES string of the molecule is Cl.Cl.N=CN1C2CCC1CC(c1nc3ccccc3cc1C(=O)O)C2. The van der Waals surface area contributed by atoms with Crippen LogP contribution < -0.4 is 0 Å². The Hall–Kier alpha value is -1.85. The average Bonchev–Trinajstić information content (AvgIpc) is 2.81. The average molecular weight is 382 g/mol. The monoisotopic (exact) mass is 381 g/mol. The van der Waals surface area contributed by atoms with Gasteiger partial charge in [0.25, 0.3) is 0 Å². The molecule has 2 aliphatic rings. The summed E-state index contributed by atoms with van der Waals surface area (Å²) in [6.07, 6.45) is 5.40. The first-order chi connectivity index (χ1) is 11.2. The maximum Gasteiger partial charge on any atom is 0.337 e. The zero-order valence-electron chi connectivity index (χ0n) is 13.6. The van der Waals surface area contributed by atoms with Gasteiger partial charge in [0.1, 0.15) is 0 Å². The van der Waals surface area contributed by atoms with Crippen molar-refractivity contribution in [2.45, 2.75) is 43.7 Å². The van der Waals surface area contributed by atoms with Crippen LogP contribution in [-0.2, 0) is 0 Å². The highest BCUT2D eigenvalue weighted by Gasteiger charge is 2.41. The van der Waals surface area contributed by atoms with E-state index in [0.717, 1.165) is 42.3 Å². The number of hydrogen-bond donors (Lipinski definition) is 2. The second kappa shape index (κ2) is 7.58. The van der Waals surface area contributed by atoms with Crippen LogP contribution in [0.25, 0.3) is 10.9 Å². The molecule has 1 aromatic carbocycles. The van der Waals surface area contributed by atoms with Crippen molar-refractivity contribution in [1.29, 1.82) is 5.41 Å². The van der Waals surface area contributed by atoms with Gasteiger partial charge in [-0.15, -0.1) is 24.8 Å². The molecule has 0 aliphatic carbocycles. The zero-order chi connectivity index (χ0) is 16.0. The lowest BCUT2D eigenvalue weighted by molar-refractivity contribution is 0.0693. The van der Waals surface area contributed by atoms with E-state index in [4.69, 9.17) is 10.4 Å². The van der Waals surface area contributed by atoms with E-state index < -0.39 is 5.97 Å². The molecule has 4 rings (SSSR count). The molecule has 134 valence electrons. The maximum absolute atomic E-state index is 11.7. The number of carboxylic acids is 1. The van der Waals surface area contributed by atoms with E-state index in [-0.39, 0.29) is 30.7 Å². The summed E-state index contributed by atoms with van der Waals surface area (Å²) in [5.74, 6) is -0.737. The van der Waals surface area contributed by atoms with Gasteiger partial charge in [-0.25, -0.2) is 4.79 Å². The van der Waals surface area contributed by atoms with Crippen molar-refractivity contribution in [3.63, 3.8) is 0 Å². The van der Waals surface area contributed by atoms with Gasteiger partial charge in [-0.1, -0.05) is 18.2 Å². The van der Waals surface area contributed by atoms with Gasteiger partial charge >= 0.3 is 5.97 Å². The molecule has 0 amide bonds. The second-order valence-corrected chi connectivity index (χ2v) is 6.55. The minimum absolute atomic E-state index is 0. The number of pyridine rings is 1. The number of halogens is 2. The highest BCUT2D eigenvalue weighted by atomic mass is 35.5. The lowest BCUT2D eigenvalue weighted by Crippen LogP contribution is -2.41. The Morgan fingerprint density at radius 2 is 1.84 bits per heavy atom. The predicted octanol–water partition coefficient (Wildman–Crippen LogP) is 4.09. The number of hydrogen-bond acceptors (Lipinski definition) is 3. The zero-order valence-corrected chi connectivity index (χ0v) is 15.2. The summed E-state index contributed by atoms with van der Waals surface area (Å²) in [7, 11) is 0. The Bertz CT molecular complexity index is 785. The number of rotatable bonds is 3. The van der Waals surface area contributed by atoms with Crippen molar-refractivity contribution in [3.05, 3.63) is 41.6 Å². The van der Waals surface area contributed by atoms with Crippen LogP contribution in [-0.4, -0.2) is 39.4 Å². The van der Waals surface area contributed by atoms with Crippen LogP contribution in [0.1, 0.15) is 47.7 Å². The quantitative estimate of drug-likeness (QED) is 0.619. The normalized spacial score (nSPS) is 24.3. The number of benzene rings is 1. The summed E-state index contributed by atoms with van der Waals surface area (Å²) < 4.78 is 0. The highest BCUT2D eigenvalue weighted by molar-refractivity contribution is 5.94. The number of carboxylic acid groups (broad SMARTS) is 1. The first-order valence-electron chi connectivity index (χ1n) is 8.08. The Kier molecular flexibility index (Phi) is 5.91. The fourth-order valence-electron chi connectivity index (χ4n) is 4.26. The van der Waals surface area contributed by atoms with Crippen molar-refractivity contribution in [3.8, 4) is 0 Å². The van der Waals surface area contributed by atoms with E-state index in [1.54, 1.807) is 6.07 Å². The fraction of sp³-hybridized carbons (Fsp3) is 0.389. The van der Waals surface area contributed by atoms with E-state index in [2.05, 4.69) is 4.90 Å². The molecule has 2 aromatic rings. The summed E-state index contributed by atoms with van der Waals surface area (Å²) in [6, 6.07) is 10.1. The van der Waals surface area contributed by atoms with Gasteiger partial charge in [0.05, 0.1) is 23.1 Å². The highest BCUT2D eigenvalue weighted by Crippen LogP contribution is 2.43. The molecule has 1 aromatic heterocycles. The Morgan fingerprint density at radius 3 is 2.44 bits per heavy atom. The van der Waals surface area contributed by atoms with Gasteiger partial charge in [0.2, 0.25) is 0 Å².